The molecule has 0 saturated heterocycles. The average molecular weight is 278 g/mol. The number of esters is 1. The highest BCUT2D eigenvalue weighted by molar-refractivity contribution is 5.89. The van der Waals surface area contributed by atoms with Gasteiger partial charge in [0, 0.05) is 6.07 Å². The van der Waals surface area contributed by atoms with Gasteiger partial charge in [0.05, 0.1) is 14.2 Å². The zero-order valence-electron chi connectivity index (χ0n) is 11.3. The Bertz CT molecular complexity index is 715. The third-order valence-electron chi connectivity index (χ3n) is 3.05. The Morgan fingerprint density at radius 2 is 2.00 bits per heavy atom. The fourth-order valence-corrected chi connectivity index (χ4v) is 1.92. The van der Waals surface area contributed by atoms with E-state index in [0.29, 0.717) is 11.1 Å². The van der Waals surface area contributed by atoms with Crippen molar-refractivity contribution >= 4 is 16.7 Å². The summed E-state index contributed by atoms with van der Waals surface area (Å²) in [5.74, 6) is -0.894. The molecule has 0 spiro atoms. The van der Waals surface area contributed by atoms with Crippen molar-refractivity contribution in [1.29, 1.82) is 0 Å². The van der Waals surface area contributed by atoms with Gasteiger partial charge in [-0.3, -0.25) is 4.79 Å². The second-order valence-corrected chi connectivity index (χ2v) is 4.29. The zero-order chi connectivity index (χ0) is 14.9. The van der Waals surface area contributed by atoms with Gasteiger partial charge in [0.25, 0.3) is 0 Å². The molecule has 1 atom stereocenters. The molecule has 1 heterocycles. The number of hydrogen-bond acceptors (Lipinski definition) is 6. The van der Waals surface area contributed by atoms with E-state index in [-0.39, 0.29) is 16.9 Å². The van der Waals surface area contributed by atoms with Crippen LogP contribution in [0.25, 0.3) is 10.8 Å². The van der Waals surface area contributed by atoms with Crippen LogP contribution in [0.2, 0.25) is 0 Å². The third kappa shape index (κ3) is 2.32. The molecular weight excluding hydrogens is 264 g/mol. The van der Waals surface area contributed by atoms with Crippen LogP contribution in [0.4, 0.5) is 0 Å². The first-order valence-corrected chi connectivity index (χ1v) is 5.90. The molecule has 0 aliphatic heterocycles. The predicted molar refractivity (Wildman–Crippen MR) is 71.1 cm³/mol. The SMILES string of the molecule is COC(=O)C(C)c1cc2cc(OC)cc(O)c2c(=O)o1. The van der Waals surface area contributed by atoms with Crippen LogP contribution >= 0.6 is 0 Å². The quantitative estimate of drug-likeness (QED) is 0.861. The molecule has 1 aromatic carbocycles. The van der Waals surface area contributed by atoms with E-state index in [9.17, 15) is 14.7 Å². The van der Waals surface area contributed by atoms with Crippen molar-refractivity contribution in [1.82, 2.24) is 0 Å². The zero-order valence-corrected chi connectivity index (χ0v) is 11.3. The van der Waals surface area contributed by atoms with Gasteiger partial charge in [-0.25, -0.2) is 4.79 Å². The monoisotopic (exact) mass is 278 g/mol. The summed E-state index contributed by atoms with van der Waals surface area (Å²) in [6.07, 6.45) is 0. The highest BCUT2D eigenvalue weighted by Gasteiger charge is 2.21. The number of carbonyl (C=O) groups is 1. The molecule has 20 heavy (non-hydrogen) atoms. The minimum Gasteiger partial charge on any atom is -0.507 e. The second kappa shape index (κ2) is 5.24. The van der Waals surface area contributed by atoms with Gasteiger partial charge in [-0.15, -0.1) is 0 Å². The Morgan fingerprint density at radius 3 is 2.60 bits per heavy atom. The van der Waals surface area contributed by atoms with E-state index in [1.54, 1.807) is 13.0 Å². The summed E-state index contributed by atoms with van der Waals surface area (Å²) in [5.41, 5.74) is -0.714. The van der Waals surface area contributed by atoms with Crippen LogP contribution in [0.15, 0.2) is 27.4 Å². The molecule has 0 aliphatic rings. The molecule has 0 saturated carbocycles. The number of phenolic OH excluding ortho intramolecular Hbond substituents is 1. The molecule has 6 nitrogen and oxygen atoms in total. The standard InChI is InChI=1S/C14H14O6/c1-7(13(16)19-3)11-5-8-4-9(18-2)6-10(15)12(8)14(17)20-11/h4-7,15H,1-3H3. The van der Waals surface area contributed by atoms with Crippen molar-refractivity contribution in [3.8, 4) is 11.5 Å². The molecule has 0 aliphatic carbocycles. The van der Waals surface area contributed by atoms with Gasteiger partial charge in [-0.2, -0.15) is 0 Å². The lowest BCUT2D eigenvalue weighted by Gasteiger charge is -2.10. The molecule has 0 bridgehead atoms. The summed E-state index contributed by atoms with van der Waals surface area (Å²) < 4.78 is 14.7. The lowest BCUT2D eigenvalue weighted by Crippen LogP contribution is -2.13. The number of hydrogen-bond donors (Lipinski definition) is 1. The largest absolute Gasteiger partial charge is 0.507 e. The van der Waals surface area contributed by atoms with E-state index in [1.165, 1.54) is 26.4 Å². The molecule has 106 valence electrons. The molecule has 0 amide bonds. The number of benzene rings is 1. The summed E-state index contributed by atoms with van der Waals surface area (Å²) in [6.45, 7) is 1.57. The minimum absolute atomic E-state index is 0.0478. The number of ether oxygens (including phenoxy) is 2. The first-order chi connectivity index (χ1) is 9.47. The van der Waals surface area contributed by atoms with Crippen molar-refractivity contribution in [2.45, 2.75) is 12.8 Å². The number of rotatable bonds is 3. The van der Waals surface area contributed by atoms with E-state index >= 15 is 0 Å². The molecule has 1 N–H and O–H groups in total. The van der Waals surface area contributed by atoms with Crippen LogP contribution in [0.5, 0.6) is 11.5 Å². The highest BCUT2D eigenvalue weighted by atomic mass is 16.5. The molecule has 2 rings (SSSR count). The first kappa shape index (κ1) is 13.9. The van der Waals surface area contributed by atoms with Crippen molar-refractivity contribution < 1.29 is 23.8 Å². The van der Waals surface area contributed by atoms with E-state index in [2.05, 4.69) is 4.74 Å². The first-order valence-electron chi connectivity index (χ1n) is 5.90. The number of phenols is 1. The van der Waals surface area contributed by atoms with Crippen molar-refractivity contribution in [3.05, 3.63) is 34.4 Å². The number of fused-ring (bicyclic) bond motifs is 1. The van der Waals surface area contributed by atoms with Crippen molar-refractivity contribution in [2.24, 2.45) is 0 Å². The van der Waals surface area contributed by atoms with E-state index in [4.69, 9.17) is 9.15 Å². The predicted octanol–water partition coefficient (Wildman–Crippen LogP) is 1.78. The van der Waals surface area contributed by atoms with Crippen molar-refractivity contribution in [3.63, 3.8) is 0 Å². The maximum absolute atomic E-state index is 11.9. The smallest absolute Gasteiger partial charge is 0.347 e. The van der Waals surface area contributed by atoms with Crippen LogP contribution in [0, 0.1) is 0 Å². The summed E-state index contributed by atoms with van der Waals surface area (Å²) in [5, 5.41) is 10.3. The van der Waals surface area contributed by atoms with Crippen LogP contribution in [0.3, 0.4) is 0 Å². The van der Waals surface area contributed by atoms with Crippen LogP contribution < -0.4 is 10.4 Å². The van der Waals surface area contributed by atoms with Gasteiger partial charge in [0.15, 0.2) is 0 Å². The Hall–Kier alpha value is -2.50. The van der Waals surface area contributed by atoms with Gasteiger partial charge < -0.3 is 19.0 Å². The number of carbonyl (C=O) groups excluding carboxylic acids is 1. The average Bonchev–Trinajstić information content (AvgIpc) is 2.44. The Labute approximate surface area is 114 Å². The van der Waals surface area contributed by atoms with Crippen LogP contribution in [0.1, 0.15) is 18.6 Å². The van der Waals surface area contributed by atoms with Gasteiger partial charge in [-0.05, 0) is 24.4 Å². The Balaban J connectivity index is 2.67. The molecule has 1 aromatic heterocycles. The van der Waals surface area contributed by atoms with Crippen LogP contribution in [-0.2, 0) is 9.53 Å². The van der Waals surface area contributed by atoms with Crippen LogP contribution in [-0.4, -0.2) is 25.3 Å². The molecule has 0 fully saturated rings. The lowest BCUT2D eigenvalue weighted by atomic mass is 10.1. The fourth-order valence-electron chi connectivity index (χ4n) is 1.92. The Morgan fingerprint density at radius 1 is 1.30 bits per heavy atom. The maximum Gasteiger partial charge on any atom is 0.347 e. The van der Waals surface area contributed by atoms with Gasteiger partial charge >= 0.3 is 11.6 Å². The molecule has 1 unspecified atom stereocenters. The minimum atomic E-state index is -0.717. The Kier molecular flexibility index (Phi) is 3.65. The van der Waals surface area contributed by atoms with Gasteiger partial charge in [-0.1, -0.05) is 0 Å². The fraction of sp³-hybridized carbons (Fsp3) is 0.286. The molecule has 6 heteroatoms. The highest BCUT2D eigenvalue weighted by Crippen LogP contribution is 2.30. The molecule has 0 radical (unpaired) electrons. The number of methoxy groups -OCH3 is 2. The summed E-state index contributed by atoms with van der Waals surface area (Å²) >= 11 is 0. The summed E-state index contributed by atoms with van der Waals surface area (Å²) in [6, 6.07) is 4.42. The third-order valence-corrected chi connectivity index (χ3v) is 3.05. The molecular formula is C14H14O6. The van der Waals surface area contributed by atoms with E-state index in [1.807, 2.05) is 0 Å². The van der Waals surface area contributed by atoms with Crippen molar-refractivity contribution in [2.75, 3.05) is 14.2 Å². The normalized spacial score (nSPS) is 12.2. The topological polar surface area (TPSA) is 86.0 Å². The summed E-state index contributed by atoms with van der Waals surface area (Å²) in [7, 11) is 2.71. The van der Waals surface area contributed by atoms with E-state index < -0.39 is 17.5 Å². The lowest BCUT2D eigenvalue weighted by molar-refractivity contribution is -0.142. The van der Waals surface area contributed by atoms with E-state index in [0.717, 1.165) is 0 Å². The van der Waals surface area contributed by atoms with Gasteiger partial charge in [0.2, 0.25) is 0 Å². The summed E-state index contributed by atoms with van der Waals surface area (Å²) in [4.78, 5) is 23.4. The van der Waals surface area contributed by atoms with Gasteiger partial charge in [0.1, 0.15) is 28.6 Å². The second-order valence-electron chi connectivity index (χ2n) is 4.29. The maximum atomic E-state index is 11.9. The number of aromatic hydroxyl groups is 1. The molecule has 2 aromatic rings.